The molecule has 0 atom stereocenters. The molecule has 6 rings (SSSR count). The number of hydrogen-bond donors (Lipinski definition) is 1. The van der Waals surface area contributed by atoms with Crippen molar-refractivity contribution < 1.29 is 18.0 Å². The number of nitrogens with two attached hydrogens (primary N) is 1. The van der Waals surface area contributed by atoms with Gasteiger partial charge < -0.3 is 10.6 Å². The van der Waals surface area contributed by atoms with Crippen molar-refractivity contribution in [2.45, 2.75) is 12.6 Å². The maximum atomic E-state index is 13.4. The first-order valence-corrected chi connectivity index (χ1v) is 13.5. The Labute approximate surface area is 239 Å². The van der Waals surface area contributed by atoms with Crippen LogP contribution in [0.5, 0.6) is 0 Å². The zero-order valence-electron chi connectivity index (χ0n) is 22.5. The maximum absolute atomic E-state index is 13.4. The Kier molecular flexibility index (Phi) is 7.29. The van der Waals surface area contributed by atoms with Crippen LogP contribution in [0.2, 0.25) is 0 Å². The van der Waals surface area contributed by atoms with Gasteiger partial charge in [0.15, 0.2) is 5.65 Å². The standard InChI is InChI=1S/C30H27F3N8O/c31-30(32,33)24-17-22(18-37-28(24)34)25-8-9-27-36-19-26(41(27)38-25)20-4-6-21(7-5-20)29(42)40-15-13-39(14-16-40)12-10-23-3-1-2-11-35-23/h1-9,11,17-19H,10,12-16H2,(H2,34,37). The number of halogens is 3. The van der Waals surface area contributed by atoms with Crippen LogP contribution in [-0.4, -0.2) is 73.0 Å². The smallest absolute Gasteiger partial charge is 0.383 e. The number of anilines is 1. The van der Waals surface area contributed by atoms with Gasteiger partial charge in [-0.1, -0.05) is 18.2 Å². The van der Waals surface area contributed by atoms with Crippen molar-refractivity contribution in [1.82, 2.24) is 34.4 Å². The van der Waals surface area contributed by atoms with E-state index in [0.29, 0.717) is 30.0 Å². The Morgan fingerprint density at radius 3 is 2.38 bits per heavy atom. The van der Waals surface area contributed by atoms with E-state index < -0.39 is 17.6 Å². The van der Waals surface area contributed by atoms with Gasteiger partial charge in [0, 0.05) is 73.9 Å². The van der Waals surface area contributed by atoms with E-state index in [-0.39, 0.29) is 17.2 Å². The third-order valence-electron chi connectivity index (χ3n) is 7.38. The van der Waals surface area contributed by atoms with E-state index >= 15 is 0 Å². The highest BCUT2D eigenvalue weighted by Crippen LogP contribution is 2.35. The van der Waals surface area contributed by atoms with Crippen molar-refractivity contribution in [3.63, 3.8) is 0 Å². The van der Waals surface area contributed by atoms with Crippen LogP contribution in [0.25, 0.3) is 28.2 Å². The molecule has 0 unspecified atom stereocenters. The van der Waals surface area contributed by atoms with Crippen molar-refractivity contribution in [1.29, 1.82) is 0 Å². The number of nitrogens with zero attached hydrogens (tertiary/aromatic N) is 7. The van der Waals surface area contributed by atoms with Crippen molar-refractivity contribution in [2.75, 3.05) is 38.5 Å². The number of carbonyl (C=O) groups excluding carboxylic acids is 1. The maximum Gasteiger partial charge on any atom is 0.419 e. The minimum absolute atomic E-state index is 0.0270. The summed E-state index contributed by atoms with van der Waals surface area (Å²) in [5, 5.41) is 4.53. The molecule has 9 nitrogen and oxygen atoms in total. The molecule has 1 aromatic carbocycles. The molecule has 1 saturated heterocycles. The molecule has 0 spiro atoms. The summed E-state index contributed by atoms with van der Waals surface area (Å²) in [6, 6.07) is 17.3. The number of aromatic nitrogens is 5. The summed E-state index contributed by atoms with van der Waals surface area (Å²) in [6.07, 6.45) is 0.937. The van der Waals surface area contributed by atoms with Crippen molar-refractivity contribution in [3.8, 4) is 22.5 Å². The van der Waals surface area contributed by atoms with Crippen LogP contribution in [0, 0.1) is 0 Å². The summed E-state index contributed by atoms with van der Waals surface area (Å²) < 4.78 is 41.6. The summed E-state index contributed by atoms with van der Waals surface area (Å²) in [7, 11) is 0. The molecule has 1 aliphatic rings. The Morgan fingerprint density at radius 2 is 1.67 bits per heavy atom. The fourth-order valence-corrected chi connectivity index (χ4v) is 5.03. The number of rotatable bonds is 6. The molecule has 12 heteroatoms. The van der Waals surface area contributed by atoms with Gasteiger partial charge in [-0.3, -0.25) is 14.7 Å². The number of amides is 1. The van der Waals surface area contributed by atoms with Gasteiger partial charge in [0.1, 0.15) is 5.82 Å². The number of alkyl halides is 3. The monoisotopic (exact) mass is 572 g/mol. The zero-order valence-corrected chi connectivity index (χ0v) is 22.5. The van der Waals surface area contributed by atoms with E-state index in [4.69, 9.17) is 5.73 Å². The van der Waals surface area contributed by atoms with Crippen LogP contribution >= 0.6 is 0 Å². The van der Waals surface area contributed by atoms with Crippen LogP contribution in [0.3, 0.4) is 0 Å². The highest BCUT2D eigenvalue weighted by Gasteiger charge is 2.34. The molecule has 0 saturated carbocycles. The van der Waals surface area contributed by atoms with Crippen LogP contribution in [-0.2, 0) is 12.6 Å². The second-order valence-electron chi connectivity index (χ2n) is 10.1. The van der Waals surface area contributed by atoms with Crippen LogP contribution in [0.1, 0.15) is 21.6 Å². The van der Waals surface area contributed by atoms with Gasteiger partial charge in [0.2, 0.25) is 0 Å². The van der Waals surface area contributed by atoms with Gasteiger partial charge in [-0.15, -0.1) is 0 Å². The van der Waals surface area contributed by atoms with E-state index in [1.807, 2.05) is 35.2 Å². The summed E-state index contributed by atoms with van der Waals surface area (Å²) in [5.41, 5.74) is 8.45. The minimum Gasteiger partial charge on any atom is -0.383 e. The highest BCUT2D eigenvalue weighted by atomic mass is 19.4. The van der Waals surface area contributed by atoms with Crippen LogP contribution < -0.4 is 5.73 Å². The van der Waals surface area contributed by atoms with Crippen molar-refractivity contribution >= 4 is 17.4 Å². The van der Waals surface area contributed by atoms with Crippen LogP contribution in [0.4, 0.5) is 19.0 Å². The molecule has 0 bridgehead atoms. The van der Waals surface area contributed by atoms with Gasteiger partial charge >= 0.3 is 6.18 Å². The zero-order chi connectivity index (χ0) is 29.3. The van der Waals surface area contributed by atoms with Gasteiger partial charge in [0.05, 0.1) is 23.1 Å². The number of carbonyl (C=O) groups is 1. The molecule has 4 aromatic heterocycles. The lowest BCUT2D eigenvalue weighted by Gasteiger charge is -2.34. The second-order valence-corrected chi connectivity index (χ2v) is 10.1. The molecule has 5 aromatic rings. The first-order valence-electron chi connectivity index (χ1n) is 13.5. The summed E-state index contributed by atoms with van der Waals surface area (Å²) in [5.74, 6) is -0.617. The van der Waals surface area contributed by atoms with Gasteiger partial charge in [-0.05, 0) is 42.5 Å². The first-order chi connectivity index (χ1) is 20.3. The van der Waals surface area contributed by atoms with Gasteiger partial charge in [-0.25, -0.2) is 14.5 Å². The topological polar surface area (TPSA) is 106 Å². The summed E-state index contributed by atoms with van der Waals surface area (Å²) >= 11 is 0. The molecule has 5 heterocycles. The molecule has 1 aliphatic heterocycles. The average Bonchev–Trinajstić information content (AvgIpc) is 3.44. The molecule has 0 radical (unpaired) electrons. The van der Waals surface area contributed by atoms with Crippen molar-refractivity contribution in [2.24, 2.45) is 0 Å². The van der Waals surface area contributed by atoms with E-state index in [1.165, 1.54) is 6.20 Å². The SMILES string of the molecule is Nc1ncc(-c2ccc3ncc(-c4ccc(C(=O)N5CCN(CCc6ccccn6)CC5)cc4)n3n2)cc1C(F)(F)F. The lowest BCUT2D eigenvalue weighted by atomic mass is 10.1. The third-order valence-corrected chi connectivity index (χ3v) is 7.38. The third kappa shape index (κ3) is 5.66. The Hall–Kier alpha value is -4.84. The molecule has 214 valence electrons. The second kappa shape index (κ2) is 11.2. The lowest BCUT2D eigenvalue weighted by molar-refractivity contribution is -0.137. The Bertz CT molecular complexity index is 1710. The van der Waals surface area contributed by atoms with E-state index in [9.17, 15) is 18.0 Å². The molecule has 2 N–H and O–H groups in total. The minimum atomic E-state index is -4.63. The highest BCUT2D eigenvalue weighted by molar-refractivity contribution is 5.94. The largest absolute Gasteiger partial charge is 0.419 e. The number of imidazole rings is 1. The number of fused-ring (bicyclic) bond motifs is 1. The Balaban J connectivity index is 1.15. The van der Waals surface area contributed by atoms with E-state index in [0.717, 1.165) is 43.4 Å². The van der Waals surface area contributed by atoms with Gasteiger partial charge in [-0.2, -0.15) is 18.3 Å². The predicted molar refractivity (Wildman–Crippen MR) is 151 cm³/mol. The van der Waals surface area contributed by atoms with Crippen LogP contribution in [0.15, 0.2) is 79.3 Å². The molecule has 1 fully saturated rings. The fraction of sp³-hybridized carbons (Fsp3) is 0.233. The number of piperazine rings is 1. The lowest BCUT2D eigenvalue weighted by Crippen LogP contribution is -2.49. The molecular weight excluding hydrogens is 545 g/mol. The number of pyridine rings is 2. The number of hydrogen-bond acceptors (Lipinski definition) is 7. The number of benzene rings is 1. The molecule has 0 aliphatic carbocycles. The van der Waals surface area contributed by atoms with Gasteiger partial charge in [0.25, 0.3) is 5.91 Å². The molecule has 42 heavy (non-hydrogen) atoms. The fourth-order valence-electron chi connectivity index (χ4n) is 5.03. The molecular formula is C30H27F3N8O. The molecule has 1 amide bonds. The first kappa shape index (κ1) is 27.3. The normalized spacial score (nSPS) is 14.4. The number of nitrogen functional groups attached to an aromatic ring is 1. The van der Waals surface area contributed by atoms with E-state index in [2.05, 4.69) is 25.0 Å². The van der Waals surface area contributed by atoms with E-state index in [1.54, 1.807) is 41.2 Å². The quantitative estimate of drug-likeness (QED) is 0.320. The predicted octanol–water partition coefficient (Wildman–Crippen LogP) is 4.45. The van der Waals surface area contributed by atoms with Crippen molar-refractivity contribution in [3.05, 3.63) is 96.1 Å². The summed E-state index contributed by atoms with van der Waals surface area (Å²) in [6.45, 7) is 3.82. The Morgan fingerprint density at radius 1 is 0.881 bits per heavy atom. The summed E-state index contributed by atoms with van der Waals surface area (Å²) in [4.78, 5) is 29.9. The average molecular weight is 573 g/mol.